The molecule has 0 saturated carbocycles. The van der Waals surface area contributed by atoms with Gasteiger partial charge in [0.1, 0.15) is 11.5 Å². The number of hydrogen-bond acceptors (Lipinski definition) is 4. The number of benzene rings is 3. The second-order valence-corrected chi connectivity index (χ2v) is 10.7. The summed E-state index contributed by atoms with van der Waals surface area (Å²) in [6, 6.07) is 17.6. The average Bonchev–Trinajstić information content (AvgIpc) is 3.29. The van der Waals surface area contributed by atoms with Crippen LogP contribution < -0.4 is 9.47 Å². The fourth-order valence-corrected chi connectivity index (χ4v) is 5.11. The van der Waals surface area contributed by atoms with E-state index in [1.54, 1.807) is 0 Å². The third kappa shape index (κ3) is 8.40. The molecule has 0 unspecified atom stereocenters. The van der Waals surface area contributed by atoms with E-state index in [9.17, 15) is 14.7 Å². The molecule has 0 spiro atoms. The van der Waals surface area contributed by atoms with Gasteiger partial charge in [-0.3, -0.25) is 9.59 Å². The van der Waals surface area contributed by atoms with Gasteiger partial charge >= 0.3 is 11.9 Å². The maximum absolute atomic E-state index is 11.5. The van der Waals surface area contributed by atoms with Gasteiger partial charge in [0, 0.05) is 30.1 Å². The lowest BCUT2D eigenvalue weighted by Crippen LogP contribution is -2.03. The Morgan fingerprint density at radius 2 is 1.64 bits per heavy atom. The first-order valence-electron chi connectivity index (χ1n) is 14.1. The molecule has 4 aromatic rings. The molecule has 1 aromatic heterocycles. The number of fused-ring (bicyclic) bond motifs is 1. The van der Waals surface area contributed by atoms with E-state index in [1.807, 2.05) is 91.4 Å². The van der Waals surface area contributed by atoms with Crippen molar-refractivity contribution in [3.63, 3.8) is 0 Å². The second kappa shape index (κ2) is 14.6. The summed E-state index contributed by atoms with van der Waals surface area (Å²) in [7, 11) is 0. The Kier molecular flexibility index (Phi) is 10.7. The van der Waals surface area contributed by atoms with E-state index >= 15 is 0 Å². The Morgan fingerprint density at radius 3 is 2.36 bits per heavy atom. The van der Waals surface area contributed by atoms with E-state index in [1.165, 1.54) is 0 Å². The summed E-state index contributed by atoms with van der Waals surface area (Å²) in [5.41, 5.74) is 5.63. The van der Waals surface area contributed by atoms with Crippen molar-refractivity contribution in [2.24, 2.45) is 0 Å². The minimum absolute atomic E-state index is 0.0602. The molecule has 42 heavy (non-hydrogen) atoms. The van der Waals surface area contributed by atoms with Crippen molar-refractivity contribution < 1.29 is 29.3 Å². The summed E-state index contributed by atoms with van der Waals surface area (Å²) in [5, 5.41) is 20.0. The van der Waals surface area contributed by atoms with Gasteiger partial charge < -0.3 is 24.3 Å². The maximum Gasteiger partial charge on any atom is 0.307 e. The predicted octanol–water partition coefficient (Wildman–Crippen LogP) is 7.81. The number of carboxylic acid groups (broad SMARTS) is 2. The van der Waals surface area contributed by atoms with Crippen LogP contribution in [0.2, 0.25) is 5.02 Å². The van der Waals surface area contributed by atoms with E-state index in [0.717, 1.165) is 57.5 Å². The molecule has 7 nitrogen and oxygen atoms in total. The molecule has 220 valence electrons. The molecule has 3 aromatic carbocycles. The Bertz CT molecular complexity index is 1570. The Balaban J connectivity index is 1.33. The van der Waals surface area contributed by atoms with Crippen molar-refractivity contribution in [3.8, 4) is 11.5 Å². The standard InChI is InChI=1S/C34H36ClNO6/c1-23-19-24(2)34(35)30(20-23)42-18-4-3-17-41-28-14-11-25(12-15-28)10-13-26-7-5-8-29-33(26)27(21-32(39)40)22-36(29)16-6-9-31(37)38/h5,7-8,10-15,19-20,22H,3-4,6,9,16-18,21H2,1-2H3,(H,37,38)(H,39,40)/b13-10+. The minimum Gasteiger partial charge on any atom is -0.494 e. The lowest BCUT2D eigenvalue weighted by molar-refractivity contribution is -0.137. The number of unbranched alkanes of at least 4 members (excludes halogenated alkanes) is 1. The highest BCUT2D eigenvalue weighted by Gasteiger charge is 2.14. The average molecular weight is 590 g/mol. The third-order valence-corrected chi connectivity index (χ3v) is 7.40. The number of aromatic nitrogens is 1. The number of ether oxygens (including phenoxy) is 2. The third-order valence-electron chi connectivity index (χ3n) is 6.91. The Hall–Kier alpha value is -4.23. The lowest BCUT2D eigenvalue weighted by atomic mass is 10.0. The molecule has 0 fully saturated rings. The number of carbonyl (C=O) groups is 2. The zero-order chi connectivity index (χ0) is 30.1. The largest absolute Gasteiger partial charge is 0.494 e. The molecule has 0 amide bonds. The zero-order valence-electron chi connectivity index (χ0n) is 23.9. The van der Waals surface area contributed by atoms with Gasteiger partial charge in [-0.15, -0.1) is 0 Å². The van der Waals surface area contributed by atoms with Crippen LogP contribution in [0.3, 0.4) is 0 Å². The fraction of sp³-hybridized carbons (Fsp3) is 0.294. The maximum atomic E-state index is 11.5. The highest BCUT2D eigenvalue weighted by atomic mass is 35.5. The van der Waals surface area contributed by atoms with Crippen molar-refractivity contribution in [1.29, 1.82) is 0 Å². The van der Waals surface area contributed by atoms with Crippen LogP contribution in [0.25, 0.3) is 23.1 Å². The van der Waals surface area contributed by atoms with Gasteiger partial charge in [-0.1, -0.05) is 54.1 Å². The van der Waals surface area contributed by atoms with Crippen LogP contribution in [0.5, 0.6) is 11.5 Å². The van der Waals surface area contributed by atoms with Crippen molar-refractivity contribution in [1.82, 2.24) is 4.57 Å². The molecule has 2 N–H and O–H groups in total. The highest BCUT2D eigenvalue weighted by Crippen LogP contribution is 2.30. The first-order valence-corrected chi connectivity index (χ1v) is 14.4. The zero-order valence-corrected chi connectivity index (χ0v) is 24.7. The second-order valence-electron chi connectivity index (χ2n) is 10.4. The van der Waals surface area contributed by atoms with Crippen LogP contribution >= 0.6 is 11.6 Å². The topological polar surface area (TPSA) is 98.0 Å². The SMILES string of the molecule is Cc1cc(C)c(Cl)c(OCCCCOc2ccc(/C=C/c3cccc4c3c(CC(=O)O)cn4CCCC(=O)O)cc2)c1. The number of carboxylic acids is 2. The number of aryl methyl sites for hydroxylation is 3. The number of rotatable bonds is 15. The van der Waals surface area contributed by atoms with Gasteiger partial charge in [-0.25, -0.2) is 0 Å². The van der Waals surface area contributed by atoms with Crippen molar-refractivity contribution >= 4 is 46.6 Å². The van der Waals surface area contributed by atoms with E-state index in [0.29, 0.717) is 36.8 Å². The van der Waals surface area contributed by atoms with Crippen LogP contribution in [0.15, 0.2) is 60.8 Å². The van der Waals surface area contributed by atoms with Crippen LogP contribution in [-0.2, 0) is 22.6 Å². The molecule has 1 heterocycles. The number of halogens is 1. The molecule has 4 rings (SSSR count). The van der Waals surface area contributed by atoms with Gasteiger partial charge in [0.25, 0.3) is 0 Å². The molecular formula is C34H36ClNO6. The summed E-state index contributed by atoms with van der Waals surface area (Å²) < 4.78 is 13.7. The van der Waals surface area contributed by atoms with Gasteiger partial charge in [-0.2, -0.15) is 0 Å². The van der Waals surface area contributed by atoms with Crippen molar-refractivity contribution in [2.75, 3.05) is 13.2 Å². The molecule has 0 aliphatic carbocycles. The van der Waals surface area contributed by atoms with Crippen molar-refractivity contribution in [2.45, 2.75) is 52.5 Å². The normalized spacial score (nSPS) is 11.3. The van der Waals surface area contributed by atoms with Crippen LogP contribution in [0.4, 0.5) is 0 Å². The number of nitrogens with zero attached hydrogens (tertiary/aromatic N) is 1. The summed E-state index contributed by atoms with van der Waals surface area (Å²) in [5.74, 6) is -0.245. The minimum atomic E-state index is -0.910. The molecular weight excluding hydrogens is 554 g/mol. The van der Waals surface area contributed by atoms with Gasteiger partial charge in [0.05, 0.1) is 24.7 Å². The van der Waals surface area contributed by atoms with E-state index in [-0.39, 0.29) is 12.8 Å². The van der Waals surface area contributed by atoms with Gasteiger partial charge in [0.15, 0.2) is 0 Å². The summed E-state index contributed by atoms with van der Waals surface area (Å²) in [4.78, 5) is 22.5. The predicted molar refractivity (Wildman–Crippen MR) is 167 cm³/mol. The molecule has 8 heteroatoms. The van der Waals surface area contributed by atoms with E-state index in [2.05, 4.69) is 0 Å². The van der Waals surface area contributed by atoms with E-state index < -0.39 is 11.9 Å². The quantitative estimate of drug-likeness (QED) is 0.108. The van der Waals surface area contributed by atoms with Crippen molar-refractivity contribution in [3.05, 3.63) is 93.6 Å². The van der Waals surface area contributed by atoms with Crippen LogP contribution in [-0.4, -0.2) is 39.9 Å². The van der Waals surface area contributed by atoms with Crippen LogP contribution in [0, 0.1) is 13.8 Å². The van der Waals surface area contributed by atoms with E-state index in [4.69, 9.17) is 26.2 Å². The van der Waals surface area contributed by atoms with Gasteiger partial charge in [0.2, 0.25) is 0 Å². The Morgan fingerprint density at radius 1 is 0.905 bits per heavy atom. The molecule has 0 saturated heterocycles. The fourth-order valence-electron chi connectivity index (χ4n) is 4.94. The number of hydrogen-bond donors (Lipinski definition) is 2. The summed E-state index contributed by atoms with van der Waals surface area (Å²) in [6.45, 7) is 5.66. The lowest BCUT2D eigenvalue weighted by Gasteiger charge is -2.11. The smallest absolute Gasteiger partial charge is 0.307 e. The molecule has 0 atom stereocenters. The molecule has 0 bridgehead atoms. The van der Waals surface area contributed by atoms with Gasteiger partial charge in [-0.05, 0) is 85.2 Å². The van der Waals surface area contributed by atoms with Crippen LogP contribution in [0.1, 0.15) is 53.5 Å². The Labute approximate surface area is 251 Å². The first-order chi connectivity index (χ1) is 20.2. The number of aliphatic carboxylic acids is 2. The monoisotopic (exact) mass is 589 g/mol. The molecule has 0 aliphatic rings. The summed E-state index contributed by atoms with van der Waals surface area (Å²) >= 11 is 6.34. The highest BCUT2D eigenvalue weighted by molar-refractivity contribution is 6.32. The summed E-state index contributed by atoms with van der Waals surface area (Å²) in [6.07, 6.45) is 7.91. The molecule has 0 radical (unpaired) electrons. The first kappa shape index (κ1) is 30.7. The molecule has 0 aliphatic heterocycles.